The summed E-state index contributed by atoms with van der Waals surface area (Å²) in [6, 6.07) is 23.7. The lowest BCUT2D eigenvalue weighted by atomic mass is 9.74. The molecule has 0 atom stereocenters. The summed E-state index contributed by atoms with van der Waals surface area (Å²) < 4.78 is 0. The lowest BCUT2D eigenvalue weighted by Gasteiger charge is -2.37. The number of rotatable bonds is 4. The van der Waals surface area contributed by atoms with Crippen LogP contribution in [0.2, 0.25) is 0 Å². The smallest absolute Gasteiger partial charge is 0.267 e. The van der Waals surface area contributed by atoms with E-state index in [9.17, 15) is 10.1 Å². The molecule has 6 heteroatoms. The van der Waals surface area contributed by atoms with Gasteiger partial charge in [0.15, 0.2) is 0 Å². The van der Waals surface area contributed by atoms with E-state index in [2.05, 4.69) is 16.0 Å². The number of nitriles is 1. The van der Waals surface area contributed by atoms with Gasteiger partial charge in [0, 0.05) is 18.7 Å². The van der Waals surface area contributed by atoms with Crippen molar-refractivity contribution in [1.82, 2.24) is 9.97 Å². The van der Waals surface area contributed by atoms with Crippen LogP contribution in [0.1, 0.15) is 28.9 Å². The van der Waals surface area contributed by atoms with Crippen LogP contribution in [-0.4, -0.2) is 29.0 Å². The van der Waals surface area contributed by atoms with Gasteiger partial charge in [0.1, 0.15) is 5.69 Å². The predicted molar refractivity (Wildman–Crippen MR) is 111 cm³/mol. The van der Waals surface area contributed by atoms with E-state index in [0.29, 0.717) is 37.6 Å². The van der Waals surface area contributed by atoms with Crippen LogP contribution >= 0.6 is 0 Å². The van der Waals surface area contributed by atoms with Gasteiger partial charge in [-0.05, 0) is 24.5 Å². The molecule has 1 saturated heterocycles. The first-order valence-electron chi connectivity index (χ1n) is 9.57. The number of hydrogen-bond donors (Lipinski definition) is 1. The standard InChI is InChI=1S/C23H21N5O/c24-16-23(18-9-5-2-6-10-18)11-13-28(14-12-23)22-26-19(15-20(27-22)21(25)29)17-7-3-1-4-8-17/h1-10,15H,11-14H2,(H2,25,29). The molecule has 1 aliphatic rings. The third-order valence-corrected chi connectivity index (χ3v) is 5.48. The van der Waals surface area contributed by atoms with Crippen molar-refractivity contribution in [2.24, 2.45) is 5.73 Å². The van der Waals surface area contributed by atoms with E-state index in [-0.39, 0.29) is 5.69 Å². The SMILES string of the molecule is N#CC1(c2ccccc2)CCN(c2nc(C(N)=O)cc(-c3ccccc3)n2)CC1. The Morgan fingerprint density at radius 2 is 1.62 bits per heavy atom. The lowest BCUT2D eigenvalue weighted by Crippen LogP contribution is -2.42. The molecule has 0 aliphatic carbocycles. The number of carbonyl (C=O) groups excluding carboxylic acids is 1. The number of nitrogens with two attached hydrogens (primary N) is 1. The second-order valence-electron chi connectivity index (χ2n) is 7.22. The molecule has 0 unspecified atom stereocenters. The first-order chi connectivity index (χ1) is 14.1. The van der Waals surface area contributed by atoms with Gasteiger partial charge in [-0.15, -0.1) is 0 Å². The molecule has 144 valence electrons. The minimum atomic E-state index is -0.585. The van der Waals surface area contributed by atoms with Gasteiger partial charge in [0.25, 0.3) is 5.91 Å². The molecular formula is C23H21N5O. The molecule has 1 fully saturated rings. The van der Waals surface area contributed by atoms with Gasteiger partial charge in [-0.1, -0.05) is 60.7 Å². The molecule has 2 N–H and O–H groups in total. The van der Waals surface area contributed by atoms with Crippen LogP contribution in [0.3, 0.4) is 0 Å². The average molecular weight is 383 g/mol. The maximum Gasteiger partial charge on any atom is 0.267 e. The second-order valence-corrected chi connectivity index (χ2v) is 7.22. The number of carbonyl (C=O) groups is 1. The number of hydrogen-bond acceptors (Lipinski definition) is 5. The van der Waals surface area contributed by atoms with Crippen molar-refractivity contribution in [3.8, 4) is 17.3 Å². The van der Waals surface area contributed by atoms with E-state index in [1.54, 1.807) is 6.07 Å². The van der Waals surface area contributed by atoms with Crippen molar-refractivity contribution in [3.63, 3.8) is 0 Å². The number of anilines is 1. The Kier molecular flexibility index (Phi) is 4.96. The van der Waals surface area contributed by atoms with E-state index in [0.717, 1.165) is 11.1 Å². The monoisotopic (exact) mass is 383 g/mol. The summed E-state index contributed by atoms with van der Waals surface area (Å²) >= 11 is 0. The van der Waals surface area contributed by atoms with E-state index >= 15 is 0 Å². The van der Waals surface area contributed by atoms with Crippen LogP contribution in [-0.2, 0) is 5.41 Å². The van der Waals surface area contributed by atoms with E-state index in [4.69, 9.17) is 5.73 Å². The number of benzene rings is 2. The van der Waals surface area contributed by atoms with Gasteiger partial charge < -0.3 is 10.6 Å². The number of piperidine rings is 1. The van der Waals surface area contributed by atoms with Crippen molar-refractivity contribution >= 4 is 11.9 Å². The molecule has 0 spiro atoms. The molecule has 29 heavy (non-hydrogen) atoms. The summed E-state index contributed by atoms with van der Waals surface area (Å²) in [5.74, 6) is -0.113. The minimum absolute atomic E-state index is 0.189. The molecule has 4 rings (SSSR count). The molecule has 2 aromatic carbocycles. The lowest BCUT2D eigenvalue weighted by molar-refractivity contribution is 0.0995. The maximum absolute atomic E-state index is 11.8. The number of nitrogens with zero attached hydrogens (tertiary/aromatic N) is 4. The van der Waals surface area contributed by atoms with Gasteiger partial charge in [0.05, 0.1) is 17.2 Å². The Labute approximate surface area is 169 Å². The van der Waals surface area contributed by atoms with Gasteiger partial charge >= 0.3 is 0 Å². The third-order valence-electron chi connectivity index (χ3n) is 5.48. The molecule has 1 aliphatic heterocycles. The highest BCUT2D eigenvalue weighted by atomic mass is 16.1. The number of aromatic nitrogens is 2. The van der Waals surface area contributed by atoms with E-state index in [1.165, 1.54) is 0 Å². The normalized spacial score (nSPS) is 15.5. The molecule has 1 amide bonds. The summed E-state index contributed by atoms with van der Waals surface area (Å²) in [6.45, 7) is 1.25. The molecule has 0 bridgehead atoms. The zero-order valence-corrected chi connectivity index (χ0v) is 16.0. The zero-order chi connectivity index (χ0) is 20.3. The van der Waals surface area contributed by atoms with Crippen molar-refractivity contribution in [2.45, 2.75) is 18.3 Å². The summed E-state index contributed by atoms with van der Waals surface area (Å²) in [5, 5.41) is 9.90. The van der Waals surface area contributed by atoms with E-state index < -0.39 is 11.3 Å². The molecule has 2 heterocycles. The summed E-state index contributed by atoms with van der Waals surface area (Å²) in [5.41, 5.74) is 7.78. The Morgan fingerprint density at radius 1 is 1.00 bits per heavy atom. The molecule has 3 aromatic rings. The highest BCUT2D eigenvalue weighted by Crippen LogP contribution is 2.36. The fourth-order valence-electron chi connectivity index (χ4n) is 3.77. The van der Waals surface area contributed by atoms with Crippen molar-refractivity contribution in [1.29, 1.82) is 5.26 Å². The largest absolute Gasteiger partial charge is 0.364 e. The van der Waals surface area contributed by atoms with Gasteiger partial charge in [-0.2, -0.15) is 5.26 Å². The third kappa shape index (κ3) is 3.67. The Morgan fingerprint density at radius 3 is 2.21 bits per heavy atom. The Hall–Kier alpha value is -3.72. The molecule has 1 aromatic heterocycles. The van der Waals surface area contributed by atoms with Crippen molar-refractivity contribution in [3.05, 3.63) is 78.0 Å². The van der Waals surface area contributed by atoms with Crippen LogP contribution in [0.15, 0.2) is 66.7 Å². The first-order valence-corrected chi connectivity index (χ1v) is 9.57. The van der Waals surface area contributed by atoms with Crippen LogP contribution in [0.25, 0.3) is 11.3 Å². The zero-order valence-electron chi connectivity index (χ0n) is 16.0. The van der Waals surface area contributed by atoms with Gasteiger partial charge in [-0.25, -0.2) is 9.97 Å². The number of primary amides is 1. The highest BCUT2D eigenvalue weighted by molar-refractivity contribution is 5.92. The Balaban J connectivity index is 1.64. The highest BCUT2D eigenvalue weighted by Gasteiger charge is 2.37. The molecule has 6 nitrogen and oxygen atoms in total. The van der Waals surface area contributed by atoms with Gasteiger partial charge in [-0.3, -0.25) is 4.79 Å². The predicted octanol–water partition coefficient (Wildman–Crippen LogP) is 3.30. The molecule has 0 radical (unpaired) electrons. The van der Waals surface area contributed by atoms with Crippen LogP contribution in [0.4, 0.5) is 5.95 Å². The average Bonchev–Trinajstić information content (AvgIpc) is 2.80. The summed E-state index contributed by atoms with van der Waals surface area (Å²) in [4.78, 5) is 22.9. The molecular weight excluding hydrogens is 362 g/mol. The van der Waals surface area contributed by atoms with E-state index in [1.807, 2.05) is 65.6 Å². The fraction of sp³-hybridized carbons (Fsp3) is 0.217. The van der Waals surface area contributed by atoms with Crippen LogP contribution in [0.5, 0.6) is 0 Å². The maximum atomic E-state index is 11.8. The van der Waals surface area contributed by atoms with Crippen LogP contribution in [0, 0.1) is 11.3 Å². The summed E-state index contributed by atoms with van der Waals surface area (Å²) in [7, 11) is 0. The first kappa shape index (κ1) is 18.6. The second kappa shape index (κ2) is 7.72. The van der Waals surface area contributed by atoms with Crippen LogP contribution < -0.4 is 10.6 Å². The topological polar surface area (TPSA) is 95.9 Å². The van der Waals surface area contributed by atoms with Crippen molar-refractivity contribution < 1.29 is 4.79 Å². The van der Waals surface area contributed by atoms with Crippen molar-refractivity contribution in [2.75, 3.05) is 18.0 Å². The summed E-state index contributed by atoms with van der Waals surface area (Å²) in [6.07, 6.45) is 1.33. The fourth-order valence-corrected chi connectivity index (χ4v) is 3.77. The minimum Gasteiger partial charge on any atom is -0.364 e. The quantitative estimate of drug-likeness (QED) is 0.746. The number of amides is 1. The van der Waals surface area contributed by atoms with Gasteiger partial charge in [0.2, 0.25) is 5.95 Å². The molecule has 0 saturated carbocycles. The Bertz CT molecular complexity index is 1050.